The van der Waals surface area contributed by atoms with Gasteiger partial charge in [0.1, 0.15) is 6.04 Å². The first kappa shape index (κ1) is 16.8. The minimum absolute atomic E-state index is 0.0274. The van der Waals surface area contributed by atoms with Crippen molar-refractivity contribution in [2.75, 3.05) is 24.5 Å². The van der Waals surface area contributed by atoms with Crippen molar-refractivity contribution in [3.8, 4) is 0 Å². The van der Waals surface area contributed by atoms with Gasteiger partial charge in [-0.1, -0.05) is 12.1 Å². The van der Waals surface area contributed by atoms with Crippen LogP contribution in [0, 0.1) is 0 Å². The molecule has 3 N–H and O–H groups in total. The van der Waals surface area contributed by atoms with Gasteiger partial charge in [-0.25, -0.2) is 0 Å². The van der Waals surface area contributed by atoms with E-state index in [2.05, 4.69) is 16.0 Å². The molecule has 0 bridgehead atoms. The van der Waals surface area contributed by atoms with Gasteiger partial charge in [0.05, 0.1) is 6.54 Å². The zero-order valence-electron chi connectivity index (χ0n) is 13.4. The fourth-order valence-corrected chi connectivity index (χ4v) is 2.40. The largest absolute Gasteiger partial charge is 0.360 e. The van der Waals surface area contributed by atoms with E-state index < -0.39 is 6.04 Å². The number of anilines is 1. The summed E-state index contributed by atoms with van der Waals surface area (Å²) in [6.07, 6.45) is 0. The maximum atomic E-state index is 11.8. The molecule has 7 heteroatoms. The number of nitrogens with zero attached hydrogens (tertiary/aromatic N) is 1. The lowest BCUT2D eigenvalue weighted by Crippen LogP contribution is -2.47. The smallest absolute Gasteiger partial charge is 0.242 e. The van der Waals surface area contributed by atoms with E-state index >= 15 is 0 Å². The van der Waals surface area contributed by atoms with Crippen molar-refractivity contribution in [1.29, 1.82) is 0 Å². The van der Waals surface area contributed by atoms with Gasteiger partial charge < -0.3 is 20.9 Å². The van der Waals surface area contributed by atoms with Crippen molar-refractivity contribution >= 4 is 23.4 Å². The van der Waals surface area contributed by atoms with Gasteiger partial charge in [0.15, 0.2) is 0 Å². The van der Waals surface area contributed by atoms with Gasteiger partial charge in [0.2, 0.25) is 17.7 Å². The van der Waals surface area contributed by atoms with Gasteiger partial charge in [-0.15, -0.1) is 0 Å². The Bertz CT molecular complexity index is 585. The first-order chi connectivity index (χ1) is 11.0. The number of hydrogen-bond acceptors (Lipinski definition) is 4. The summed E-state index contributed by atoms with van der Waals surface area (Å²) in [5.74, 6) is -0.431. The molecule has 0 aliphatic carbocycles. The topological polar surface area (TPSA) is 90.5 Å². The van der Waals surface area contributed by atoms with Crippen LogP contribution in [0.3, 0.4) is 0 Å². The van der Waals surface area contributed by atoms with Crippen molar-refractivity contribution in [3.63, 3.8) is 0 Å². The van der Waals surface area contributed by atoms with E-state index in [1.807, 2.05) is 29.2 Å². The first-order valence-corrected chi connectivity index (χ1v) is 7.61. The highest BCUT2D eigenvalue weighted by atomic mass is 16.2. The fraction of sp³-hybridized carbons (Fsp3) is 0.438. The number of carbonyl (C=O) groups excluding carboxylic acids is 3. The van der Waals surface area contributed by atoms with Crippen molar-refractivity contribution in [2.24, 2.45) is 0 Å². The fourth-order valence-electron chi connectivity index (χ4n) is 2.40. The van der Waals surface area contributed by atoms with Crippen LogP contribution in [0.4, 0.5) is 5.69 Å². The maximum absolute atomic E-state index is 11.8. The summed E-state index contributed by atoms with van der Waals surface area (Å²) < 4.78 is 0. The van der Waals surface area contributed by atoms with Crippen LogP contribution in [0.25, 0.3) is 0 Å². The Morgan fingerprint density at radius 1 is 1.30 bits per heavy atom. The average molecular weight is 318 g/mol. The molecule has 1 saturated heterocycles. The Morgan fingerprint density at radius 3 is 2.61 bits per heavy atom. The highest BCUT2D eigenvalue weighted by Crippen LogP contribution is 2.16. The number of benzene rings is 1. The molecule has 0 radical (unpaired) electrons. The minimum Gasteiger partial charge on any atom is -0.360 e. The molecule has 0 unspecified atom stereocenters. The van der Waals surface area contributed by atoms with Crippen molar-refractivity contribution in [1.82, 2.24) is 16.0 Å². The second kappa shape index (κ2) is 7.62. The molecular formula is C16H22N4O3. The highest BCUT2D eigenvalue weighted by Gasteiger charge is 2.16. The molecule has 1 aliphatic rings. The molecule has 1 atom stereocenters. The molecule has 0 saturated carbocycles. The molecule has 1 heterocycles. The van der Waals surface area contributed by atoms with Crippen LogP contribution in [0.5, 0.6) is 0 Å². The molecule has 1 fully saturated rings. The predicted octanol–water partition coefficient (Wildman–Crippen LogP) is -0.236. The molecule has 23 heavy (non-hydrogen) atoms. The lowest BCUT2D eigenvalue weighted by Gasteiger charge is -2.28. The second-order valence-corrected chi connectivity index (χ2v) is 5.58. The van der Waals surface area contributed by atoms with E-state index in [4.69, 9.17) is 0 Å². The summed E-state index contributed by atoms with van der Waals surface area (Å²) in [5.41, 5.74) is 1.94. The number of hydrogen-bond donors (Lipinski definition) is 3. The Kier molecular flexibility index (Phi) is 5.56. The maximum Gasteiger partial charge on any atom is 0.242 e. The van der Waals surface area contributed by atoms with Crippen LogP contribution in [0.2, 0.25) is 0 Å². The number of amides is 3. The lowest BCUT2D eigenvalue weighted by molar-refractivity contribution is -0.127. The van der Waals surface area contributed by atoms with Gasteiger partial charge >= 0.3 is 0 Å². The molecule has 3 amide bonds. The zero-order chi connectivity index (χ0) is 16.8. The number of piperazine rings is 1. The standard InChI is InChI=1S/C16H22N4O3/c1-11(19-12(2)21)16(23)18-9-13-3-5-14(6-4-13)20-8-7-17-15(22)10-20/h3-6,11H,7-10H2,1-2H3,(H,17,22)(H,18,23)(H,19,21)/t11-/m0/s1. The monoisotopic (exact) mass is 318 g/mol. The van der Waals surface area contributed by atoms with Crippen molar-refractivity contribution < 1.29 is 14.4 Å². The third kappa shape index (κ3) is 4.98. The van der Waals surface area contributed by atoms with Gasteiger partial charge in [0, 0.05) is 32.2 Å². The Morgan fingerprint density at radius 2 is 2.00 bits per heavy atom. The Balaban J connectivity index is 1.86. The van der Waals surface area contributed by atoms with Crippen molar-refractivity contribution in [2.45, 2.75) is 26.4 Å². The van der Waals surface area contributed by atoms with Crippen LogP contribution in [-0.4, -0.2) is 43.4 Å². The summed E-state index contributed by atoms with van der Waals surface area (Å²) >= 11 is 0. The van der Waals surface area contributed by atoms with Crippen molar-refractivity contribution in [3.05, 3.63) is 29.8 Å². The molecular weight excluding hydrogens is 296 g/mol. The van der Waals surface area contributed by atoms with E-state index in [0.717, 1.165) is 17.8 Å². The van der Waals surface area contributed by atoms with Crippen LogP contribution in [0.15, 0.2) is 24.3 Å². The van der Waals surface area contributed by atoms with Crippen LogP contribution < -0.4 is 20.9 Å². The number of rotatable bonds is 5. The zero-order valence-corrected chi connectivity index (χ0v) is 13.4. The third-order valence-corrected chi connectivity index (χ3v) is 3.62. The quantitative estimate of drug-likeness (QED) is 0.699. The molecule has 1 aromatic rings. The van der Waals surface area contributed by atoms with E-state index in [0.29, 0.717) is 19.6 Å². The molecule has 1 aliphatic heterocycles. The average Bonchev–Trinajstić information content (AvgIpc) is 2.52. The molecule has 2 rings (SSSR count). The summed E-state index contributed by atoms with van der Waals surface area (Å²) in [6.45, 7) is 5.21. The second-order valence-electron chi connectivity index (χ2n) is 5.58. The van der Waals surface area contributed by atoms with Gasteiger partial charge in [-0.2, -0.15) is 0 Å². The minimum atomic E-state index is -0.557. The molecule has 124 valence electrons. The summed E-state index contributed by atoms with van der Waals surface area (Å²) in [7, 11) is 0. The molecule has 7 nitrogen and oxygen atoms in total. The third-order valence-electron chi connectivity index (χ3n) is 3.62. The molecule has 0 spiro atoms. The van der Waals surface area contributed by atoms with E-state index in [-0.39, 0.29) is 17.7 Å². The van der Waals surface area contributed by atoms with E-state index in [9.17, 15) is 14.4 Å². The van der Waals surface area contributed by atoms with Gasteiger partial charge in [-0.05, 0) is 24.6 Å². The van der Waals surface area contributed by atoms with E-state index in [1.165, 1.54) is 6.92 Å². The highest BCUT2D eigenvalue weighted by molar-refractivity contribution is 5.86. The molecule has 0 aromatic heterocycles. The molecule has 1 aromatic carbocycles. The summed E-state index contributed by atoms with van der Waals surface area (Å²) in [4.78, 5) is 36.2. The van der Waals surface area contributed by atoms with Crippen LogP contribution in [-0.2, 0) is 20.9 Å². The first-order valence-electron chi connectivity index (χ1n) is 7.61. The summed E-state index contributed by atoms with van der Waals surface area (Å²) in [6, 6.07) is 7.17. The van der Waals surface area contributed by atoms with Crippen LogP contribution in [0.1, 0.15) is 19.4 Å². The SMILES string of the molecule is CC(=O)N[C@@H](C)C(=O)NCc1ccc(N2CCNC(=O)C2)cc1. The van der Waals surface area contributed by atoms with E-state index in [1.54, 1.807) is 6.92 Å². The summed E-state index contributed by atoms with van der Waals surface area (Å²) in [5, 5.41) is 8.11. The normalized spacial score (nSPS) is 15.6. The Labute approximate surface area is 135 Å². The number of nitrogens with one attached hydrogen (secondary N) is 3. The number of carbonyl (C=O) groups is 3. The predicted molar refractivity (Wildman–Crippen MR) is 86.8 cm³/mol. The van der Waals surface area contributed by atoms with Crippen LogP contribution >= 0.6 is 0 Å². The van der Waals surface area contributed by atoms with Gasteiger partial charge in [0.25, 0.3) is 0 Å². The van der Waals surface area contributed by atoms with Gasteiger partial charge in [-0.3, -0.25) is 14.4 Å². The lowest BCUT2D eigenvalue weighted by atomic mass is 10.1. The Hall–Kier alpha value is -2.57.